The highest BCUT2D eigenvalue weighted by Crippen LogP contribution is 2.17. The lowest BCUT2D eigenvalue weighted by molar-refractivity contribution is 0.0985. The maximum Gasteiger partial charge on any atom is 0.235 e. The molecule has 0 saturated carbocycles. The molecule has 1 unspecified atom stereocenters. The molecule has 0 heterocycles. The van der Waals surface area contributed by atoms with Crippen molar-refractivity contribution in [2.45, 2.75) is 38.4 Å². The van der Waals surface area contributed by atoms with Crippen LogP contribution in [0.3, 0.4) is 0 Å². The number of hydrogen-bond acceptors (Lipinski definition) is 3. The maximum absolute atomic E-state index is 12.0. The first-order valence-electron chi connectivity index (χ1n) is 5.90. The number of nitrogens with one attached hydrogen (secondary N) is 1. The Balaban J connectivity index is 3.04. The van der Waals surface area contributed by atoms with Crippen LogP contribution in [0.5, 0.6) is 0 Å². The second kappa shape index (κ2) is 5.63. The SMILES string of the molecule is CCC(C(=O)c1ccc(C(C)C)cc1)S([NH])(=O)=O. The van der Waals surface area contributed by atoms with Gasteiger partial charge in [-0.3, -0.25) is 4.79 Å². The summed E-state index contributed by atoms with van der Waals surface area (Å²) in [7, 11) is -4.09. The molecule has 0 aliphatic carbocycles. The van der Waals surface area contributed by atoms with E-state index in [2.05, 4.69) is 0 Å². The molecule has 1 rings (SSSR count). The number of hydrogen-bond donors (Lipinski definition) is 0. The van der Waals surface area contributed by atoms with Gasteiger partial charge in [0.15, 0.2) is 5.78 Å². The van der Waals surface area contributed by atoms with E-state index < -0.39 is 21.1 Å². The van der Waals surface area contributed by atoms with Gasteiger partial charge >= 0.3 is 0 Å². The van der Waals surface area contributed by atoms with Crippen LogP contribution in [0.4, 0.5) is 0 Å². The summed E-state index contributed by atoms with van der Waals surface area (Å²) in [5, 5.41) is 5.77. The summed E-state index contributed by atoms with van der Waals surface area (Å²) in [6.07, 6.45) is 0.122. The molecule has 1 atom stereocenters. The van der Waals surface area contributed by atoms with Gasteiger partial charge in [-0.25, -0.2) is 8.42 Å². The number of carbonyl (C=O) groups is 1. The van der Waals surface area contributed by atoms with Gasteiger partial charge in [-0.2, -0.15) is 0 Å². The molecule has 18 heavy (non-hydrogen) atoms. The maximum atomic E-state index is 12.0. The number of ketones is 1. The second-order valence-corrected chi connectivity index (χ2v) is 6.24. The van der Waals surface area contributed by atoms with Crippen molar-refractivity contribution in [3.63, 3.8) is 0 Å². The van der Waals surface area contributed by atoms with E-state index in [0.29, 0.717) is 11.5 Å². The minimum absolute atomic E-state index is 0.122. The number of Topliss-reactive ketones (excluding diaryl/α,β-unsaturated/α-hetero) is 1. The molecule has 0 aliphatic heterocycles. The van der Waals surface area contributed by atoms with Crippen molar-refractivity contribution in [1.82, 2.24) is 5.14 Å². The third-order valence-electron chi connectivity index (χ3n) is 2.90. The van der Waals surface area contributed by atoms with E-state index in [1.54, 1.807) is 19.1 Å². The number of carbonyl (C=O) groups excluding carboxylic acids is 1. The van der Waals surface area contributed by atoms with Crippen molar-refractivity contribution in [1.29, 1.82) is 0 Å². The summed E-state index contributed by atoms with van der Waals surface area (Å²) in [4.78, 5) is 12.0. The third kappa shape index (κ3) is 3.40. The first kappa shape index (κ1) is 14.9. The van der Waals surface area contributed by atoms with Crippen LogP contribution >= 0.6 is 0 Å². The lowest BCUT2D eigenvalue weighted by Gasteiger charge is -2.11. The Kier molecular flexibility index (Phi) is 4.65. The van der Waals surface area contributed by atoms with Gasteiger partial charge < -0.3 is 0 Å². The van der Waals surface area contributed by atoms with Gasteiger partial charge in [-0.1, -0.05) is 45.0 Å². The highest BCUT2D eigenvalue weighted by Gasteiger charge is 2.29. The minimum Gasteiger partial charge on any atom is -0.293 e. The van der Waals surface area contributed by atoms with Gasteiger partial charge in [0.2, 0.25) is 10.0 Å². The lowest BCUT2D eigenvalue weighted by atomic mass is 9.99. The molecule has 0 bridgehead atoms. The predicted octanol–water partition coefficient (Wildman–Crippen LogP) is 2.38. The van der Waals surface area contributed by atoms with Gasteiger partial charge in [0.05, 0.1) is 0 Å². The van der Waals surface area contributed by atoms with Crippen molar-refractivity contribution >= 4 is 15.8 Å². The van der Waals surface area contributed by atoms with E-state index in [0.717, 1.165) is 5.56 Å². The Hall–Kier alpha value is -1.20. The van der Waals surface area contributed by atoms with Crippen LogP contribution in [0.15, 0.2) is 24.3 Å². The Morgan fingerprint density at radius 2 is 1.72 bits per heavy atom. The largest absolute Gasteiger partial charge is 0.293 e. The van der Waals surface area contributed by atoms with Crippen LogP contribution < -0.4 is 5.14 Å². The van der Waals surface area contributed by atoms with Gasteiger partial charge in [0, 0.05) is 5.56 Å². The molecule has 99 valence electrons. The molecule has 1 aromatic carbocycles. The molecule has 0 saturated heterocycles. The summed E-state index contributed by atoms with van der Waals surface area (Å²) in [5.41, 5.74) is 1.44. The molecular weight excluding hydrogens is 250 g/mol. The molecule has 0 aliphatic rings. The molecule has 0 spiro atoms. The topological polar surface area (TPSA) is 75.0 Å². The smallest absolute Gasteiger partial charge is 0.235 e. The van der Waals surface area contributed by atoms with Crippen LogP contribution in [-0.4, -0.2) is 19.5 Å². The zero-order valence-corrected chi connectivity index (χ0v) is 11.6. The molecule has 5 heteroatoms. The average molecular weight is 268 g/mol. The molecule has 0 amide bonds. The van der Waals surface area contributed by atoms with Crippen molar-refractivity contribution in [2.75, 3.05) is 0 Å². The molecule has 1 N–H and O–H groups in total. The van der Waals surface area contributed by atoms with Crippen LogP contribution in [0, 0.1) is 0 Å². The molecule has 1 radical (unpaired) electrons. The summed E-state index contributed by atoms with van der Waals surface area (Å²) in [5.74, 6) is -0.140. The Morgan fingerprint density at radius 3 is 2.06 bits per heavy atom. The summed E-state index contributed by atoms with van der Waals surface area (Å²) >= 11 is 0. The predicted molar refractivity (Wildman–Crippen MR) is 71.0 cm³/mol. The highest BCUT2D eigenvalue weighted by molar-refractivity contribution is 7.90. The summed E-state index contributed by atoms with van der Waals surface area (Å²) < 4.78 is 22.4. The number of rotatable bonds is 5. The fraction of sp³-hybridized carbons (Fsp3) is 0.462. The molecule has 1 aromatic rings. The number of sulfonamides is 1. The Bertz CT molecular complexity index is 518. The Morgan fingerprint density at radius 1 is 1.22 bits per heavy atom. The van der Waals surface area contributed by atoms with Gasteiger partial charge in [-0.15, -0.1) is 5.14 Å². The normalized spacial score (nSPS) is 13.6. The zero-order chi connectivity index (χ0) is 13.9. The highest BCUT2D eigenvalue weighted by atomic mass is 32.2. The number of benzene rings is 1. The standard InChI is InChI=1S/C13H18NO3S/c1-4-12(18(14,16)17)13(15)11-7-5-10(6-8-11)9(2)3/h5-9,12,14H,4H2,1-3H3. The van der Waals surface area contributed by atoms with Crippen LogP contribution in [0.2, 0.25) is 0 Å². The fourth-order valence-corrected chi connectivity index (χ4v) is 2.62. The first-order valence-corrected chi connectivity index (χ1v) is 7.44. The molecular formula is C13H18NO3S. The van der Waals surface area contributed by atoms with Crippen LogP contribution in [0.25, 0.3) is 0 Å². The summed E-state index contributed by atoms with van der Waals surface area (Å²) in [6.45, 7) is 5.68. The van der Waals surface area contributed by atoms with Gasteiger partial charge in [0.25, 0.3) is 0 Å². The first-order chi connectivity index (χ1) is 8.27. The van der Waals surface area contributed by atoms with Crippen LogP contribution in [0.1, 0.15) is 49.0 Å². The van der Waals surface area contributed by atoms with E-state index in [4.69, 9.17) is 5.14 Å². The average Bonchev–Trinajstić information content (AvgIpc) is 2.28. The van der Waals surface area contributed by atoms with Crippen molar-refractivity contribution < 1.29 is 13.2 Å². The summed E-state index contributed by atoms with van der Waals surface area (Å²) in [6, 6.07) is 6.90. The Labute approximate surface area is 108 Å². The quantitative estimate of drug-likeness (QED) is 0.769. The van der Waals surface area contributed by atoms with Gasteiger partial charge in [-0.05, 0) is 17.9 Å². The van der Waals surface area contributed by atoms with Crippen molar-refractivity contribution in [2.24, 2.45) is 0 Å². The van der Waals surface area contributed by atoms with E-state index >= 15 is 0 Å². The third-order valence-corrected chi connectivity index (χ3v) is 4.20. The van der Waals surface area contributed by atoms with E-state index in [-0.39, 0.29) is 6.42 Å². The van der Waals surface area contributed by atoms with E-state index in [1.807, 2.05) is 26.0 Å². The van der Waals surface area contributed by atoms with E-state index in [1.165, 1.54) is 0 Å². The van der Waals surface area contributed by atoms with E-state index in [9.17, 15) is 13.2 Å². The van der Waals surface area contributed by atoms with Gasteiger partial charge in [0.1, 0.15) is 5.25 Å². The molecule has 0 aromatic heterocycles. The minimum atomic E-state index is -4.09. The zero-order valence-electron chi connectivity index (χ0n) is 10.8. The lowest BCUT2D eigenvalue weighted by Crippen LogP contribution is -2.30. The molecule has 4 nitrogen and oxygen atoms in total. The molecule has 0 fully saturated rings. The van der Waals surface area contributed by atoms with Crippen LogP contribution in [-0.2, 0) is 10.0 Å². The van der Waals surface area contributed by atoms with Crippen molar-refractivity contribution in [3.05, 3.63) is 35.4 Å². The monoisotopic (exact) mass is 268 g/mol. The second-order valence-electron chi connectivity index (χ2n) is 4.58. The fourth-order valence-electron chi connectivity index (χ4n) is 1.76. The van der Waals surface area contributed by atoms with Crippen molar-refractivity contribution in [3.8, 4) is 0 Å².